The summed E-state index contributed by atoms with van der Waals surface area (Å²) in [6, 6.07) is 15.7. The van der Waals surface area contributed by atoms with Crippen molar-refractivity contribution in [2.75, 3.05) is 18.7 Å². The van der Waals surface area contributed by atoms with E-state index in [2.05, 4.69) is 15.6 Å². The lowest BCUT2D eigenvalue weighted by Gasteiger charge is -2.09. The molecule has 0 atom stereocenters. The van der Waals surface area contributed by atoms with Gasteiger partial charge in [-0.15, -0.1) is 0 Å². The maximum Gasteiger partial charge on any atom is 0.270 e. The van der Waals surface area contributed by atoms with Gasteiger partial charge in [0.25, 0.3) is 5.91 Å². The fourth-order valence-electron chi connectivity index (χ4n) is 3.03. The maximum atomic E-state index is 13.7. The third-order valence-corrected chi connectivity index (χ3v) is 4.56. The fraction of sp³-hybridized carbons (Fsp3) is 0.182. The molecule has 0 radical (unpaired) electrons. The van der Waals surface area contributed by atoms with E-state index in [1.807, 2.05) is 24.3 Å². The van der Waals surface area contributed by atoms with Crippen molar-refractivity contribution in [3.8, 4) is 11.5 Å². The number of fused-ring (bicyclic) bond motifs is 1. The molecule has 0 spiro atoms. The van der Waals surface area contributed by atoms with Gasteiger partial charge in [-0.3, -0.25) is 9.78 Å². The van der Waals surface area contributed by atoms with Crippen LogP contribution in [0.5, 0.6) is 11.5 Å². The van der Waals surface area contributed by atoms with Crippen LogP contribution in [0.25, 0.3) is 0 Å². The summed E-state index contributed by atoms with van der Waals surface area (Å²) in [5.74, 6) is 0.889. The van der Waals surface area contributed by atoms with Crippen LogP contribution in [0.4, 0.5) is 10.1 Å². The van der Waals surface area contributed by atoms with Crippen LogP contribution in [0.2, 0.25) is 0 Å². The van der Waals surface area contributed by atoms with E-state index in [4.69, 9.17) is 9.47 Å². The second kappa shape index (κ2) is 8.60. The second-order valence-corrected chi connectivity index (χ2v) is 6.57. The Morgan fingerprint density at radius 3 is 2.83 bits per heavy atom. The van der Waals surface area contributed by atoms with Gasteiger partial charge < -0.3 is 20.1 Å². The number of rotatable bonds is 7. The molecule has 4 rings (SSSR count). The van der Waals surface area contributed by atoms with E-state index in [0.29, 0.717) is 42.3 Å². The number of hydrogen-bond acceptors (Lipinski definition) is 5. The summed E-state index contributed by atoms with van der Waals surface area (Å²) in [7, 11) is 0. The Morgan fingerprint density at radius 2 is 1.93 bits per heavy atom. The number of carbonyl (C=O) groups is 1. The number of aromatic nitrogens is 1. The van der Waals surface area contributed by atoms with Gasteiger partial charge in [0.15, 0.2) is 11.5 Å². The summed E-state index contributed by atoms with van der Waals surface area (Å²) in [6.07, 6.45) is 2.11. The number of halogens is 1. The predicted molar refractivity (Wildman–Crippen MR) is 107 cm³/mol. The summed E-state index contributed by atoms with van der Waals surface area (Å²) < 4.78 is 24.3. The first-order valence-corrected chi connectivity index (χ1v) is 9.29. The van der Waals surface area contributed by atoms with Crippen molar-refractivity contribution in [3.63, 3.8) is 0 Å². The number of nitrogens with zero attached hydrogens (tertiary/aromatic N) is 1. The Hall–Kier alpha value is -3.61. The molecule has 0 fully saturated rings. The lowest BCUT2D eigenvalue weighted by molar-refractivity contribution is 0.0946. The van der Waals surface area contributed by atoms with Crippen molar-refractivity contribution < 1.29 is 18.7 Å². The highest BCUT2D eigenvalue weighted by Crippen LogP contribution is 2.32. The third kappa shape index (κ3) is 4.63. The molecule has 1 aliphatic rings. The summed E-state index contributed by atoms with van der Waals surface area (Å²) in [5.41, 5.74) is 2.61. The van der Waals surface area contributed by atoms with Crippen LogP contribution in [0.3, 0.4) is 0 Å². The largest absolute Gasteiger partial charge is 0.454 e. The molecule has 3 aromatic rings. The molecular weight excluding hydrogens is 373 g/mol. The van der Waals surface area contributed by atoms with E-state index in [1.54, 1.807) is 30.5 Å². The van der Waals surface area contributed by atoms with E-state index in [0.717, 1.165) is 11.3 Å². The van der Waals surface area contributed by atoms with Gasteiger partial charge in [-0.05, 0) is 47.9 Å². The molecule has 7 heteroatoms. The normalized spacial score (nSPS) is 11.9. The number of nitrogens with one attached hydrogen (secondary N) is 2. The predicted octanol–water partition coefficient (Wildman–Crippen LogP) is 3.53. The van der Waals surface area contributed by atoms with Gasteiger partial charge in [0.1, 0.15) is 11.5 Å². The van der Waals surface area contributed by atoms with E-state index < -0.39 is 0 Å². The van der Waals surface area contributed by atoms with Crippen LogP contribution in [-0.4, -0.2) is 24.2 Å². The van der Waals surface area contributed by atoms with Crippen molar-refractivity contribution in [1.29, 1.82) is 0 Å². The molecule has 0 bridgehead atoms. The highest BCUT2D eigenvalue weighted by atomic mass is 19.1. The van der Waals surface area contributed by atoms with Crippen molar-refractivity contribution in [1.82, 2.24) is 10.3 Å². The van der Waals surface area contributed by atoms with Crippen LogP contribution in [0.1, 0.15) is 21.6 Å². The summed E-state index contributed by atoms with van der Waals surface area (Å²) in [4.78, 5) is 16.6. The van der Waals surface area contributed by atoms with Crippen LogP contribution in [-0.2, 0) is 13.0 Å². The number of carbonyl (C=O) groups excluding carboxylic acids is 1. The SMILES string of the molecule is O=C(NCc1ccc2c(c1)OCO2)c1cc(NCCc2ccccc2F)ccn1. The molecule has 6 nitrogen and oxygen atoms in total. The Labute approximate surface area is 167 Å². The molecule has 29 heavy (non-hydrogen) atoms. The zero-order valence-electron chi connectivity index (χ0n) is 15.7. The number of pyridine rings is 1. The van der Waals surface area contributed by atoms with Crippen LogP contribution in [0, 0.1) is 5.82 Å². The summed E-state index contributed by atoms with van der Waals surface area (Å²) in [5, 5.41) is 6.05. The zero-order valence-corrected chi connectivity index (χ0v) is 15.7. The number of benzene rings is 2. The van der Waals surface area contributed by atoms with E-state index in [9.17, 15) is 9.18 Å². The van der Waals surface area contributed by atoms with Gasteiger partial charge in [0, 0.05) is 25.0 Å². The minimum atomic E-state index is -0.277. The first kappa shape index (κ1) is 18.7. The Balaban J connectivity index is 1.31. The monoisotopic (exact) mass is 393 g/mol. The minimum absolute atomic E-state index is 0.214. The smallest absolute Gasteiger partial charge is 0.270 e. The molecule has 0 saturated heterocycles. The van der Waals surface area contributed by atoms with Gasteiger partial charge in [-0.2, -0.15) is 0 Å². The molecule has 148 valence electrons. The second-order valence-electron chi connectivity index (χ2n) is 6.57. The summed E-state index contributed by atoms with van der Waals surface area (Å²) in [6.45, 7) is 1.11. The highest BCUT2D eigenvalue weighted by molar-refractivity contribution is 5.93. The Bertz CT molecular complexity index is 1030. The number of ether oxygens (including phenoxy) is 2. The van der Waals surface area contributed by atoms with Crippen LogP contribution >= 0.6 is 0 Å². The molecule has 0 unspecified atom stereocenters. The minimum Gasteiger partial charge on any atom is -0.454 e. The number of amides is 1. The fourth-order valence-corrected chi connectivity index (χ4v) is 3.03. The molecule has 0 aliphatic carbocycles. The van der Waals surface area contributed by atoms with Gasteiger partial charge >= 0.3 is 0 Å². The quantitative estimate of drug-likeness (QED) is 0.643. The average Bonchev–Trinajstić information content (AvgIpc) is 3.21. The van der Waals surface area contributed by atoms with Gasteiger partial charge in [-0.1, -0.05) is 24.3 Å². The highest BCUT2D eigenvalue weighted by Gasteiger charge is 2.14. The molecule has 2 heterocycles. The first-order valence-electron chi connectivity index (χ1n) is 9.29. The molecule has 2 N–H and O–H groups in total. The lowest BCUT2D eigenvalue weighted by Crippen LogP contribution is -2.24. The molecule has 2 aromatic carbocycles. The molecule has 1 amide bonds. The molecule has 1 aromatic heterocycles. The average molecular weight is 393 g/mol. The van der Waals surface area contributed by atoms with Gasteiger partial charge in [0.05, 0.1) is 0 Å². The Morgan fingerprint density at radius 1 is 1.07 bits per heavy atom. The molecular formula is C22H20FN3O3. The summed E-state index contributed by atoms with van der Waals surface area (Å²) >= 11 is 0. The van der Waals surface area contributed by atoms with Crippen molar-refractivity contribution in [2.24, 2.45) is 0 Å². The number of hydrogen-bond donors (Lipinski definition) is 2. The van der Waals surface area contributed by atoms with E-state index in [-0.39, 0.29) is 18.5 Å². The molecule has 1 aliphatic heterocycles. The lowest BCUT2D eigenvalue weighted by atomic mass is 10.1. The van der Waals surface area contributed by atoms with Crippen LogP contribution < -0.4 is 20.1 Å². The van der Waals surface area contributed by atoms with Crippen molar-refractivity contribution in [2.45, 2.75) is 13.0 Å². The standard InChI is InChI=1S/C22H20FN3O3/c23-18-4-2-1-3-16(18)7-9-24-17-8-10-25-19(12-17)22(27)26-13-15-5-6-20-21(11-15)29-14-28-20/h1-6,8,10-12H,7,9,13-14H2,(H,24,25)(H,26,27). The third-order valence-electron chi connectivity index (χ3n) is 4.56. The van der Waals surface area contributed by atoms with Crippen molar-refractivity contribution in [3.05, 3.63) is 83.4 Å². The van der Waals surface area contributed by atoms with Crippen LogP contribution in [0.15, 0.2) is 60.8 Å². The Kier molecular flexibility index (Phi) is 5.56. The zero-order chi connectivity index (χ0) is 20.1. The van der Waals surface area contributed by atoms with Crippen molar-refractivity contribution >= 4 is 11.6 Å². The number of anilines is 1. The van der Waals surface area contributed by atoms with Gasteiger partial charge in [-0.25, -0.2) is 4.39 Å². The van der Waals surface area contributed by atoms with E-state index >= 15 is 0 Å². The maximum absolute atomic E-state index is 13.7. The first-order chi connectivity index (χ1) is 14.2. The van der Waals surface area contributed by atoms with E-state index in [1.165, 1.54) is 6.07 Å². The topological polar surface area (TPSA) is 72.5 Å². The van der Waals surface area contributed by atoms with Gasteiger partial charge in [0.2, 0.25) is 6.79 Å². The molecule has 0 saturated carbocycles.